The van der Waals surface area contributed by atoms with Crippen LogP contribution in [0, 0.1) is 6.92 Å². The van der Waals surface area contributed by atoms with Gasteiger partial charge in [-0.05, 0) is 44.5 Å². The average molecular weight is 464 g/mol. The largest absolute Gasteiger partial charge is 0.464 e. The summed E-state index contributed by atoms with van der Waals surface area (Å²) in [4.78, 5) is 37.3. The van der Waals surface area contributed by atoms with Crippen LogP contribution in [0.3, 0.4) is 0 Å². The van der Waals surface area contributed by atoms with Crippen LogP contribution in [0.2, 0.25) is 0 Å². The van der Waals surface area contributed by atoms with Crippen molar-refractivity contribution in [3.63, 3.8) is 0 Å². The zero-order valence-electron chi connectivity index (χ0n) is 15.6. The number of carbonyl (C=O) groups excluding carboxylic acids is 3. The van der Waals surface area contributed by atoms with Gasteiger partial charge in [0.15, 0.2) is 5.78 Å². The fourth-order valence-corrected chi connectivity index (χ4v) is 4.39. The van der Waals surface area contributed by atoms with E-state index in [0.29, 0.717) is 21.0 Å². The molecule has 0 bridgehead atoms. The minimum atomic E-state index is -0.559. The Bertz CT molecular complexity index is 1080. The zero-order chi connectivity index (χ0) is 20.4. The Morgan fingerprint density at radius 1 is 1.29 bits per heavy atom. The molecule has 8 heteroatoms. The Morgan fingerprint density at radius 2 is 2.04 bits per heavy atom. The molecule has 1 aromatic carbocycles. The lowest BCUT2D eigenvalue weighted by molar-refractivity contribution is -0.115. The number of benzene rings is 1. The van der Waals surface area contributed by atoms with Crippen LogP contribution in [0.4, 0.5) is 5.00 Å². The molecule has 1 N–H and O–H groups in total. The Balaban J connectivity index is 1.88. The highest BCUT2D eigenvalue weighted by Gasteiger charge is 2.25. The van der Waals surface area contributed by atoms with E-state index in [-0.39, 0.29) is 30.3 Å². The van der Waals surface area contributed by atoms with Crippen LogP contribution >= 0.6 is 27.3 Å². The van der Waals surface area contributed by atoms with E-state index in [4.69, 9.17) is 9.15 Å². The molecule has 0 saturated carbocycles. The van der Waals surface area contributed by atoms with Crippen molar-refractivity contribution in [3.8, 4) is 0 Å². The lowest BCUT2D eigenvalue weighted by atomic mass is 10.1. The van der Waals surface area contributed by atoms with Crippen molar-refractivity contribution in [2.75, 3.05) is 11.9 Å². The predicted octanol–water partition coefficient (Wildman–Crippen LogP) is 5.13. The van der Waals surface area contributed by atoms with Gasteiger partial charge in [0, 0.05) is 15.4 Å². The summed E-state index contributed by atoms with van der Waals surface area (Å²) in [5.41, 5.74) is 2.16. The van der Waals surface area contributed by atoms with E-state index in [0.717, 1.165) is 26.8 Å². The highest BCUT2D eigenvalue weighted by molar-refractivity contribution is 9.10. The van der Waals surface area contributed by atoms with Crippen LogP contribution in [0.5, 0.6) is 0 Å². The fraction of sp³-hybridized carbons (Fsp3) is 0.250. The quantitative estimate of drug-likeness (QED) is 0.404. The summed E-state index contributed by atoms with van der Waals surface area (Å²) in [7, 11) is 0. The lowest BCUT2D eigenvalue weighted by Crippen LogP contribution is -2.16. The molecule has 0 aliphatic rings. The van der Waals surface area contributed by atoms with E-state index in [1.165, 1.54) is 6.92 Å². The molecule has 3 rings (SSSR count). The minimum Gasteiger partial charge on any atom is -0.464 e. The first-order chi connectivity index (χ1) is 13.3. The molecule has 1 amide bonds. The number of amides is 1. The van der Waals surface area contributed by atoms with Gasteiger partial charge in [0.05, 0.1) is 29.7 Å². The van der Waals surface area contributed by atoms with Gasteiger partial charge in [-0.3, -0.25) is 9.59 Å². The fourth-order valence-electron chi connectivity index (χ4n) is 2.92. The topological polar surface area (TPSA) is 85.6 Å². The average Bonchev–Trinajstić information content (AvgIpc) is 3.16. The van der Waals surface area contributed by atoms with E-state index in [2.05, 4.69) is 21.2 Å². The van der Waals surface area contributed by atoms with Crippen molar-refractivity contribution < 1.29 is 23.5 Å². The molecule has 0 unspecified atom stereocenters. The van der Waals surface area contributed by atoms with Crippen molar-refractivity contribution in [1.82, 2.24) is 0 Å². The number of halogens is 1. The number of rotatable bonds is 6. The summed E-state index contributed by atoms with van der Waals surface area (Å²) < 4.78 is 11.5. The number of ether oxygens (including phenoxy) is 1. The molecular weight excluding hydrogens is 446 g/mol. The van der Waals surface area contributed by atoms with Crippen molar-refractivity contribution in [1.29, 1.82) is 0 Å². The van der Waals surface area contributed by atoms with Crippen LogP contribution in [-0.4, -0.2) is 24.3 Å². The molecule has 0 radical (unpaired) electrons. The minimum absolute atomic E-state index is 0.0675. The third-order valence-electron chi connectivity index (χ3n) is 4.17. The number of hydrogen-bond acceptors (Lipinski definition) is 6. The highest BCUT2D eigenvalue weighted by Crippen LogP contribution is 2.34. The SMILES string of the molecule is CCOC(=O)c1c(NC(=O)Cc2coc3ccc(Br)cc23)sc(C(C)=O)c1C. The van der Waals surface area contributed by atoms with Crippen molar-refractivity contribution in [2.45, 2.75) is 27.2 Å². The number of esters is 1. The molecule has 2 aromatic heterocycles. The molecule has 28 heavy (non-hydrogen) atoms. The monoisotopic (exact) mass is 463 g/mol. The Morgan fingerprint density at radius 3 is 2.71 bits per heavy atom. The Hall–Kier alpha value is -2.45. The lowest BCUT2D eigenvalue weighted by Gasteiger charge is -2.07. The first kappa shape index (κ1) is 20.3. The van der Waals surface area contributed by atoms with Crippen LogP contribution in [0.1, 0.15) is 45.0 Å². The molecule has 0 fully saturated rings. The van der Waals surface area contributed by atoms with E-state index in [1.807, 2.05) is 18.2 Å². The molecule has 0 saturated heterocycles. The smallest absolute Gasteiger partial charge is 0.341 e. The summed E-state index contributed by atoms with van der Waals surface area (Å²) in [5, 5.41) is 3.91. The van der Waals surface area contributed by atoms with Crippen LogP contribution in [0.25, 0.3) is 11.0 Å². The maximum Gasteiger partial charge on any atom is 0.341 e. The second kappa shape index (κ2) is 8.28. The van der Waals surface area contributed by atoms with Gasteiger partial charge in [0.25, 0.3) is 0 Å². The molecule has 6 nitrogen and oxygen atoms in total. The van der Waals surface area contributed by atoms with Gasteiger partial charge in [-0.2, -0.15) is 0 Å². The third kappa shape index (κ3) is 4.02. The van der Waals surface area contributed by atoms with Gasteiger partial charge in [-0.25, -0.2) is 4.79 Å². The van der Waals surface area contributed by atoms with Crippen molar-refractivity contribution in [2.24, 2.45) is 0 Å². The van der Waals surface area contributed by atoms with Gasteiger partial charge < -0.3 is 14.5 Å². The number of ketones is 1. The number of Topliss-reactive ketones (excluding diaryl/α,β-unsaturated/α-hetero) is 1. The number of nitrogens with one attached hydrogen (secondary N) is 1. The van der Waals surface area contributed by atoms with E-state index in [1.54, 1.807) is 20.1 Å². The molecule has 0 spiro atoms. The summed E-state index contributed by atoms with van der Waals surface area (Å²) in [6, 6.07) is 5.56. The maximum atomic E-state index is 12.6. The van der Waals surface area contributed by atoms with Gasteiger partial charge in [0.2, 0.25) is 5.91 Å². The predicted molar refractivity (Wildman–Crippen MR) is 111 cm³/mol. The second-order valence-corrected chi connectivity index (χ2v) is 8.10. The first-order valence-electron chi connectivity index (χ1n) is 8.58. The number of furan rings is 1. The highest BCUT2D eigenvalue weighted by atomic mass is 79.9. The molecule has 0 aliphatic heterocycles. The summed E-state index contributed by atoms with van der Waals surface area (Å²) in [6.07, 6.45) is 1.61. The summed E-state index contributed by atoms with van der Waals surface area (Å²) in [6.45, 7) is 5.00. The number of thiophene rings is 1. The zero-order valence-corrected chi connectivity index (χ0v) is 18.0. The number of carbonyl (C=O) groups is 3. The van der Waals surface area contributed by atoms with Crippen LogP contribution in [0.15, 0.2) is 33.4 Å². The number of fused-ring (bicyclic) bond motifs is 1. The van der Waals surface area contributed by atoms with Crippen molar-refractivity contribution >= 4 is 60.9 Å². The van der Waals surface area contributed by atoms with Crippen molar-refractivity contribution in [3.05, 3.63) is 50.5 Å². The summed E-state index contributed by atoms with van der Waals surface area (Å²) in [5.74, 6) is -1.04. The van der Waals surface area contributed by atoms with Gasteiger partial charge in [0.1, 0.15) is 10.6 Å². The molecule has 3 aromatic rings. The van der Waals surface area contributed by atoms with Gasteiger partial charge in [-0.1, -0.05) is 15.9 Å². The first-order valence-corrected chi connectivity index (χ1v) is 10.2. The Kier molecular flexibility index (Phi) is 6.00. The maximum absolute atomic E-state index is 12.6. The standard InChI is InChI=1S/C20H18BrNO5S/c1-4-26-20(25)17-10(2)18(11(3)23)28-19(17)22-16(24)7-12-9-27-15-6-5-13(21)8-14(12)15/h5-6,8-9H,4,7H2,1-3H3,(H,22,24). The molecule has 0 atom stereocenters. The molecule has 146 valence electrons. The number of hydrogen-bond donors (Lipinski definition) is 1. The van der Waals surface area contributed by atoms with E-state index >= 15 is 0 Å². The molecule has 2 heterocycles. The third-order valence-corrected chi connectivity index (χ3v) is 5.97. The van der Waals surface area contributed by atoms with E-state index in [9.17, 15) is 14.4 Å². The second-order valence-electron chi connectivity index (χ2n) is 6.16. The van der Waals surface area contributed by atoms with E-state index < -0.39 is 5.97 Å². The van der Waals surface area contributed by atoms with Crippen LogP contribution in [-0.2, 0) is 16.0 Å². The van der Waals surface area contributed by atoms with Gasteiger partial charge >= 0.3 is 5.97 Å². The Labute approximate surface area is 174 Å². The molecule has 0 aliphatic carbocycles. The van der Waals surface area contributed by atoms with Gasteiger partial charge in [-0.15, -0.1) is 11.3 Å². The summed E-state index contributed by atoms with van der Waals surface area (Å²) >= 11 is 4.49. The number of anilines is 1. The molecular formula is C20H18BrNO5S. The normalized spacial score (nSPS) is 10.9. The van der Waals surface area contributed by atoms with Crippen LogP contribution < -0.4 is 5.32 Å².